The molecule has 22 heavy (non-hydrogen) atoms. The van der Waals surface area contributed by atoms with Crippen molar-refractivity contribution in [3.8, 4) is 11.3 Å². The number of carbonyl (C=O) groups excluding carboxylic acids is 2. The molecule has 0 spiro atoms. The van der Waals surface area contributed by atoms with Gasteiger partial charge in [-0.1, -0.05) is 13.0 Å². The molecule has 2 aromatic rings. The van der Waals surface area contributed by atoms with Crippen molar-refractivity contribution in [2.75, 3.05) is 11.9 Å². The lowest BCUT2D eigenvalue weighted by Gasteiger charge is -2.19. The van der Waals surface area contributed by atoms with Gasteiger partial charge in [0.2, 0.25) is 11.8 Å². The Morgan fingerprint density at radius 1 is 1.23 bits per heavy atom. The average molecular weight is 297 g/mol. The molecular formula is C17H19N3O2. The van der Waals surface area contributed by atoms with Crippen molar-refractivity contribution in [1.29, 1.82) is 0 Å². The van der Waals surface area contributed by atoms with Crippen molar-refractivity contribution in [3.05, 3.63) is 47.7 Å². The smallest absolute Gasteiger partial charge is 0.250 e. The minimum Gasteiger partial charge on any atom is -0.366 e. The van der Waals surface area contributed by atoms with Gasteiger partial charge >= 0.3 is 0 Å². The zero-order valence-electron chi connectivity index (χ0n) is 13.0. The number of rotatable bonds is 4. The first-order chi connectivity index (χ1) is 10.4. The molecule has 0 saturated heterocycles. The summed E-state index contributed by atoms with van der Waals surface area (Å²) >= 11 is 0. The Morgan fingerprint density at radius 3 is 2.45 bits per heavy atom. The molecular weight excluding hydrogens is 278 g/mol. The van der Waals surface area contributed by atoms with Crippen LogP contribution in [0.25, 0.3) is 11.3 Å². The number of primary amides is 1. The van der Waals surface area contributed by atoms with Crippen LogP contribution in [0.5, 0.6) is 0 Å². The number of benzene rings is 1. The molecule has 5 heteroatoms. The summed E-state index contributed by atoms with van der Waals surface area (Å²) in [5.41, 5.74) is 9.13. The lowest BCUT2D eigenvalue weighted by molar-refractivity contribution is -0.118. The molecule has 114 valence electrons. The maximum atomic E-state index is 11.8. The van der Waals surface area contributed by atoms with E-state index in [-0.39, 0.29) is 5.91 Å². The molecule has 1 aromatic heterocycles. The molecule has 0 fully saturated rings. The van der Waals surface area contributed by atoms with E-state index in [1.165, 1.54) is 6.20 Å². The lowest BCUT2D eigenvalue weighted by Crippen LogP contribution is -2.25. The van der Waals surface area contributed by atoms with Gasteiger partial charge in [0, 0.05) is 30.9 Å². The molecule has 2 N–H and O–H groups in total. The molecule has 1 heterocycles. The first-order valence-corrected chi connectivity index (χ1v) is 7.07. The molecule has 0 radical (unpaired) electrons. The topological polar surface area (TPSA) is 76.3 Å². The Kier molecular flexibility index (Phi) is 4.56. The van der Waals surface area contributed by atoms with Crippen molar-refractivity contribution >= 4 is 17.5 Å². The van der Waals surface area contributed by atoms with Crippen LogP contribution in [0.2, 0.25) is 0 Å². The van der Waals surface area contributed by atoms with Crippen LogP contribution < -0.4 is 10.6 Å². The van der Waals surface area contributed by atoms with Crippen molar-refractivity contribution in [1.82, 2.24) is 4.98 Å². The molecule has 0 aliphatic carbocycles. The van der Waals surface area contributed by atoms with Crippen LogP contribution >= 0.6 is 0 Å². The molecule has 0 bridgehead atoms. The maximum absolute atomic E-state index is 11.8. The standard InChI is InChI=1S/C17H19N3O2/c1-4-16(21)20(3)15-8-6-12(9-11(15)2)14-7-5-13(10-19-14)17(18)22/h5-10H,4H2,1-3H3,(H2,18,22). The van der Waals surface area contributed by atoms with Gasteiger partial charge < -0.3 is 10.6 Å². The second-order valence-electron chi connectivity index (χ2n) is 5.10. The number of nitrogens with two attached hydrogens (primary N) is 1. The molecule has 0 unspecified atom stereocenters. The van der Waals surface area contributed by atoms with Crippen molar-refractivity contribution in [2.24, 2.45) is 5.73 Å². The van der Waals surface area contributed by atoms with Gasteiger partial charge in [0.05, 0.1) is 11.3 Å². The highest BCUT2D eigenvalue weighted by Gasteiger charge is 2.12. The number of carbonyl (C=O) groups is 2. The predicted molar refractivity (Wildman–Crippen MR) is 86.6 cm³/mol. The van der Waals surface area contributed by atoms with Gasteiger partial charge in [-0.05, 0) is 36.8 Å². The second-order valence-corrected chi connectivity index (χ2v) is 5.10. The Labute approximate surface area is 129 Å². The predicted octanol–water partition coefficient (Wildman–Crippen LogP) is 2.53. The van der Waals surface area contributed by atoms with Crippen molar-refractivity contribution in [2.45, 2.75) is 20.3 Å². The van der Waals surface area contributed by atoms with Crippen LogP contribution in [0.4, 0.5) is 5.69 Å². The molecule has 0 aliphatic rings. The fourth-order valence-corrected chi connectivity index (χ4v) is 2.27. The molecule has 2 rings (SSSR count). The van der Waals surface area contributed by atoms with Gasteiger partial charge in [-0.15, -0.1) is 0 Å². The number of anilines is 1. The highest BCUT2D eigenvalue weighted by atomic mass is 16.2. The number of aryl methyl sites for hydroxylation is 1. The zero-order valence-corrected chi connectivity index (χ0v) is 13.0. The summed E-state index contributed by atoms with van der Waals surface area (Å²) < 4.78 is 0. The number of hydrogen-bond donors (Lipinski definition) is 1. The number of aromatic nitrogens is 1. The minimum absolute atomic E-state index is 0.0692. The van der Waals surface area contributed by atoms with E-state index in [4.69, 9.17) is 5.73 Å². The Bertz CT molecular complexity index is 708. The Morgan fingerprint density at radius 2 is 1.95 bits per heavy atom. The van der Waals surface area contributed by atoms with Crippen LogP contribution in [0.3, 0.4) is 0 Å². The Hall–Kier alpha value is -2.69. The first kappa shape index (κ1) is 15.7. The zero-order chi connectivity index (χ0) is 16.3. The fourth-order valence-electron chi connectivity index (χ4n) is 2.27. The van der Waals surface area contributed by atoms with Crippen LogP contribution in [0.1, 0.15) is 29.3 Å². The van der Waals surface area contributed by atoms with E-state index in [0.717, 1.165) is 22.5 Å². The lowest BCUT2D eigenvalue weighted by atomic mass is 10.1. The number of nitrogens with zero attached hydrogens (tertiary/aromatic N) is 2. The van der Waals surface area contributed by atoms with Crippen LogP contribution in [-0.2, 0) is 4.79 Å². The van der Waals surface area contributed by atoms with E-state index < -0.39 is 5.91 Å². The summed E-state index contributed by atoms with van der Waals surface area (Å²) in [6.07, 6.45) is 1.93. The maximum Gasteiger partial charge on any atom is 0.250 e. The molecule has 0 atom stereocenters. The summed E-state index contributed by atoms with van der Waals surface area (Å²) in [7, 11) is 1.77. The van der Waals surface area contributed by atoms with E-state index in [0.29, 0.717) is 12.0 Å². The van der Waals surface area contributed by atoms with Gasteiger partial charge in [-0.2, -0.15) is 0 Å². The van der Waals surface area contributed by atoms with E-state index in [9.17, 15) is 9.59 Å². The number of pyridine rings is 1. The normalized spacial score (nSPS) is 10.3. The minimum atomic E-state index is -0.495. The summed E-state index contributed by atoms with van der Waals surface area (Å²) in [4.78, 5) is 28.8. The summed E-state index contributed by atoms with van der Waals surface area (Å²) in [5, 5.41) is 0. The first-order valence-electron chi connectivity index (χ1n) is 7.07. The third-order valence-corrected chi connectivity index (χ3v) is 3.58. The van der Waals surface area contributed by atoms with Crippen LogP contribution in [0, 0.1) is 6.92 Å². The number of hydrogen-bond acceptors (Lipinski definition) is 3. The van der Waals surface area contributed by atoms with E-state index in [2.05, 4.69) is 4.98 Å². The number of amides is 2. The van der Waals surface area contributed by atoms with E-state index in [1.54, 1.807) is 24.1 Å². The quantitative estimate of drug-likeness (QED) is 0.942. The SMILES string of the molecule is CCC(=O)N(C)c1ccc(-c2ccc(C(N)=O)cn2)cc1C. The molecule has 0 saturated carbocycles. The van der Waals surface area contributed by atoms with Gasteiger partial charge in [-0.3, -0.25) is 14.6 Å². The molecule has 2 amide bonds. The highest BCUT2D eigenvalue weighted by molar-refractivity contribution is 5.94. The Balaban J connectivity index is 2.32. The largest absolute Gasteiger partial charge is 0.366 e. The van der Waals surface area contributed by atoms with Crippen LogP contribution in [0.15, 0.2) is 36.5 Å². The van der Waals surface area contributed by atoms with Gasteiger partial charge in [0.25, 0.3) is 0 Å². The van der Waals surface area contributed by atoms with Crippen molar-refractivity contribution in [3.63, 3.8) is 0 Å². The monoisotopic (exact) mass is 297 g/mol. The van der Waals surface area contributed by atoms with Crippen molar-refractivity contribution < 1.29 is 9.59 Å². The molecule has 5 nitrogen and oxygen atoms in total. The summed E-state index contributed by atoms with van der Waals surface area (Å²) in [6.45, 7) is 3.79. The highest BCUT2D eigenvalue weighted by Crippen LogP contribution is 2.26. The van der Waals surface area contributed by atoms with Gasteiger partial charge in [0.15, 0.2) is 0 Å². The summed E-state index contributed by atoms with van der Waals surface area (Å²) in [6, 6.07) is 9.20. The van der Waals surface area contributed by atoms with E-state index in [1.807, 2.05) is 32.0 Å². The molecule has 1 aromatic carbocycles. The van der Waals surface area contributed by atoms with Gasteiger partial charge in [-0.25, -0.2) is 0 Å². The fraction of sp³-hybridized carbons (Fsp3) is 0.235. The third kappa shape index (κ3) is 3.14. The summed E-state index contributed by atoms with van der Waals surface area (Å²) in [5.74, 6) is -0.426. The second kappa shape index (κ2) is 6.39. The van der Waals surface area contributed by atoms with Crippen LogP contribution in [-0.4, -0.2) is 23.8 Å². The van der Waals surface area contributed by atoms with Gasteiger partial charge in [0.1, 0.15) is 0 Å². The third-order valence-electron chi connectivity index (χ3n) is 3.58. The van der Waals surface area contributed by atoms with E-state index >= 15 is 0 Å². The molecule has 0 aliphatic heterocycles. The average Bonchev–Trinajstić information content (AvgIpc) is 2.53.